The number of benzene rings is 2. The van der Waals surface area contributed by atoms with Crippen LogP contribution in [-0.2, 0) is 11.2 Å². The van der Waals surface area contributed by atoms with Gasteiger partial charge in [0.2, 0.25) is 0 Å². The Hall–Kier alpha value is -1.03. The van der Waals surface area contributed by atoms with Crippen LogP contribution < -0.4 is 0 Å². The molecule has 0 unspecified atom stereocenters. The Kier molecular flexibility index (Phi) is 6.06. The van der Waals surface area contributed by atoms with Gasteiger partial charge in [0.05, 0.1) is 6.61 Å². The van der Waals surface area contributed by atoms with Gasteiger partial charge in [-0.3, -0.25) is 0 Å². The van der Waals surface area contributed by atoms with Gasteiger partial charge in [0.15, 0.2) is 0 Å². The summed E-state index contributed by atoms with van der Waals surface area (Å²) in [6.45, 7) is -0.420. The molecule has 0 radical (unpaired) electrons. The fourth-order valence-electron chi connectivity index (χ4n) is 3.95. The van der Waals surface area contributed by atoms with E-state index in [0.717, 1.165) is 12.0 Å². The number of aliphatic hydroxyl groups excluding tert-OH is 4. The molecule has 1 saturated heterocycles. The summed E-state index contributed by atoms with van der Waals surface area (Å²) in [6, 6.07) is 14.5. The Morgan fingerprint density at radius 3 is 2.29 bits per heavy atom. The summed E-state index contributed by atoms with van der Waals surface area (Å²) in [5.41, 5.74) is 4.49. The zero-order valence-corrected chi connectivity index (χ0v) is 17.6. The molecular formula is C22H25IO5. The van der Waals surface area contributed by atoms with E-state index in [2.05, 4.69) is 52.9 Å². The van der Waals surface area contributed by atoms with Crippen molar-refractivity contribution in [2.24, 2.45) is 0 Å². The zero-order valence-electron chi connectivity index (χ0n) is 15.4. The summed E-state index contributed by atoms with van der Waals surface area (Å²) < 4.78 is 6.94. The van der Waals surface area contributed by atoms with Crippen LogP contribution in [0.5, 0.6) is 0 Å². The molecule has 1 saturated carbocycles. The Bertz CT molecular complexity index is 818. The second-order valence-electron chi connectivity index (χ2n) is 7.79. The number of rotatable bonds is 5. The van der Waals surface area contributed by atoms with E-state index in [1.54, 1.807) is 0 Å². The van der Waals surface area contributed by atoms with Gasteiger partial charge in [-0.05, 0) is 82.2 Å². The molecule has 0 aromatic heterocycles. The van der Waals surface area contributed by atoms with Gasteiger partial charge in [0.1, 0.15) is 30.5 Å². The fourth-order valence-corrected chi connectivity index (χ4v) is 4.31. The van der Waals surface area contributed by atoms with Crippen LogP contribution in [0, 0.1) is 3.57 Å². The monoisotopic (exact) mass is 496 g/mol. The van der Waals surface area contributed by atoms with Crippen molar-refractivity contribution in [2.45, 2.75) is 55.7 Å². The minimum Gasteiger partial charge on any atom is -0.394 e. The normalized spacial score (nSPS) is 30.4. The first-order valence-corrected chi connectivity index (χ1v) is 10.7. The molecule has 2 aromatic carbocycles. The molecular weight excluding hydrogens is 471 g/mol. The molecule has 0 bridgehead atoms. The molecule has 2 fully saturated rings. The van der Waals surface area contributed by atoms with Crippen molar-refractivity contribution in [1.82, 2.24) is 0 Å². The van der Waals surface area contributed by atoms with Gasteiger partial charge in [-0.15, -0.1) is 0 Å². The number of hydrogen-bond donors (Lipinski definition) is 4. The predicted molar refractivity (Wildman–Crippen MR) is 113 cm³/mol. The van der Waals surface area contributed by atoms with Gasteiger partial charge in [-0.1, -0.05) is 30.3 Å². The first-order chi connectivity index (χ1) is 13.5. The Balaban J connectivity index is 1.65. The van der Waals surface area contributed by atoms with Gasteiger partial charge in [-0.25, -0.2) is 0 Å². The zero-order chi connectivity index (χ0) is 19.8. The van der Waals surface area contributed by atoms with E-state index in [1.807, 2.05) is 12.1 Å². The third-order valence-electron chi connectivity index (χ3n) is 5.71. The van der Waals surface area contributed by atoms with E-state index in [9.17, 15) is 20.4 Å². The van der Waals surface area contributed by atoms with E-state index < -0.39 is 37.1 Å². The highest BCUT2D eigenvalue weighted by Crippen LogP contribution is 2.43. The maximum Gasteiger partial charge on any atom is 0.113 e. The summed E-state index contributed by atoms with van der Waals surface area (Å²) >= 11 is 2.29. The number of hydrogen-bond acceptors (Lipinski definition) is 5. The lowest BCUT2D eigenvalue weighted by atomic mass is 9.88. The smallest absolute Gasteiger partial charge is 0.113 e. The van der Waals surface area contributed by atoms with Crippen LogP contribution in [0.1, 0.15) is 47.1 Å². The quantitative estimate of drug-likeness (QED) is 0.477. The first kappa shape index (κ1) is 20.3. The molecule has 6 heteroatoms. The maximum absolute atomic E-state index is 10.5. The minimum atomic E-state index is -1.36. The second kappa shape index (κ2) is 8.38. The summed E-state index contributed by atoms with van der Waals surface area (Å²) in [4.78, 5) is 0. The van der Waals surface area contributed by atoms with E-state index in [4.69, 9.17) is 4.74 Å². The third kappa shape index (κ3) is 4.13. The van der Waals surface area contributed by atoms with Crippen LogP contribution in [0.2, 0.25) is 0 Å². The van der Waals surface area contributed by atoms with E-state index in [-0.39, 0.29) is 0 Å². The fraction of sp³-hybridized carbons (Fsp3) is 0.455. The average molecular weight is 496 g/mol. The van der Waals surface area contributed by atoms with E-state index in [1.165, 1.54) is 33.1 Å². The van der Waals surface area contributed by atoms with Gasteiger partial charge in [0, 0.05) is 3.57 Å². The van der Waals surface area contributed by atoms with Crippen LogP contribution in [0.4, 0.5) is 0 Å². The minimum absolute atomic E-state index is 0.420. The van der Waals surface area contributed by atoms with Crippen LogP contribution in [0.3, 0.4) is 0 Å². The summed E-state index contributed by atoms with van der Waals surface area (Å²) in [5, 5.41) is 40.1. The van der Waals surface area contributed by atoms with Crippen LogP contribution >= 0.6 is 22.6 Å². The average Bonchev–Trinajstić information content (AvgIpc) is 3.53. The topological polar surface area (TPSA) is 90.2 Å². The third-order valence-corrected chi connectivity index (χ3v) is 6.43. The molecule has 1 heterocycles. The largest absolute Gasteiger partial charge is 0.394 e. The Labute approximate surface area is 178 Å². The highest BCUT2D eigenvalue weighted by atomic mass is 127. The van der Waals surface area contributed by atoms with Crippen molar-refractivity contribution < 1.29 is 25.2 Å². The number of aliphatic hydroxyl groups is 4. The van der Waals surface area contributed by atoms with Crippen molar-refractivity contribution in [3.63, 3.8) is 0 Å². The van der Waals surface area contributed by atoms with Crippen molar-refractivity contribution in [3.8, 4) is 0 Å². The maximum atomic E-state index is 10.5. The molecule has 4 rings (SSSR count). The molecule has 1 aliphatic heterocycles. The van der Waals surface area contributed by atoms with Crippen LogP contribution in [0.15, 0.2) is 42.5 Å². The standard InChI is InChI=1S/C22H25IO5/c23-16-6-1-12(2-7-16)9-15-10-14(5-8-17(15)13-3-4-13)22-21(27)20(26)19(25)18(11-24)28-22/h1-2,5-8,10,13,18-22,24-27H,3-4,9,11H2/t18-,19-,20+,21-,22+/m1/s1. The first-order valence-electron chi connectivity index (χ1n) is 9.65. The van der Waals surface area contributed by atoms with E-state index in [0.29, 0.717) is 5.92 Å². The molecule has 0 amide bonds. The molecule has 150 valence electrons. The predicted octanol–water partition coefficient (Wildman–Crippen LogP) is 2.27. The SMILES string of the molecule is OC[C@H]1O[C@@H](c2ccc(C3CC3)c(Cc3ccc(I)cc3)c2)[C@H](O)[C@@H](O)[C@@H]1O. The molecule has 2 aliphatic rings. The van der Waals surface area contributed by atoms with Crippen LogP contribution in [0.25, 0.3) is 0 Å². The van der Waals surface area contributed by atoms with Gasteiger partial charge in [-0.2, -0.15) is 0 Å². The Morgan fingerprint density at radius 1 is 0.929 bits per heavy atom. The summed E-state index contributed by atoms with van der Waals surface area (Å²) in [5.74, 6) is 0.586. The molecule has 5 atom stereocenters. The Morgan fingerprint density at radius 2 is 1.64 bits per heavy atom. The molecule has 0 spiro atoms. The lowest BCUT2D eigenvalue weighted by Crippen LogP contribution is -2.55. The lowest BCUT2D eigenvalue weighted by molar-refractivity contribution is -0.231. The highest BCUT2D eigenvalue weighted by Gasteiger charge is 2.44. The molecule has 1 aliphatic carbocycles. The summed E-state index contributed by atoms with van der Waals surface area (Å²) in [6.07, 6.45) is -2.47. The highest BCUT2D eigenvalue weighted by molar-refractivity contribution is 14.1. The van der Waals surface area contributed by atoms with Crippen molar-refractivity contribution in [1.29, 1.82) is 0 Å². The number of halogens is 1. The molecule has 28 heavy (non-hydrogen) atoms. The molecule has 4 N–H and O–H groups in total. The molecule has 2 aromatic rings. The van der Waals surface area contributed by atoms with Crippen molar-refractivity contribution in [3.05, 3.63) is 68.3 Å². The second-order valence-corrected chi connectivity index (χ2v) is 9.03. The van der Waals surface area contributed by atoms with Gasteiger partial charge < -0.3 is 25.2 Å². The van der Waals surface area contributed by atoms with E-state index >= 15 is 0 Å². The van der Waals surface area contributed by atoms with Gasteiger partial charge >= 0.3 is 0 Å². The van der Waals surface area contributed by atoms with Crippen molar-refractivity contribution in [2.75, 3.05) is 6.61 Å². The van der Waals surface area contributed by atoms with Crippen LogP contribution in [-0.4, -0.2) is 51.4 Å². The summed E-state index contributed by atoms with van der Waals surface area (Å²) in [7, 11) is 0. The lowest BCUT2D eigenvalue weighted by Gasteiger charge is -2.40. The van der Waals surface area contributed by atoms with Gasteiger partial charge in [0.25, 0.3) is 0 Å². The molecule has 5 nitrogen and oxygen atoms in total. The van der Waals surface area contributed by atoms with Crippen molar-refractivity contribution >= 4 is 22.6 Å². The number of ether oxygens (including phenoxy) is 1.